The maximum absolute atomic E-state index is 11.5. The Morgan fingerprint density at radius 2 is 2.24 bits per heavy atom. The van der Waals surface area contributed by atoms with Crippen LogP contribution in [0.4, 0.5) is 5.69 Å². The summed E-state index contributed by atoms with van der Waals surface area (Å²) in [6.07, 6.45) is 1.16. The molecule has 0 aromatic heterocycles. The van der Waals surface area contributed by atoms with E-state index in [4.69, 9.17) is 4.74 Å². The molecule has 17 heavy (non-hydrogen) atoms. The SMILES string of the molecule is COC1CCC(=O)Cc2ccc([N+](=O)[O-])cc21. The van der Waals surface area contributed by atoms with Gasteiger partial charge in [-0.15, -0.1) is 0 Å². The number of hydrogen-bond donors (Lipinski definition) is 0. The second-order valence-corrected chi connectivity index (χ2v) is 4.12. The number of carbonyl (C=O) groups is 1. The highest BCUT2D eigenvalue weighted by atomic mass is 16.6. The maximum Gasteiger partial charge on any atom is 0.269 e. The van der Waals surface area contributed by atoms with Crippen LogP contribution in [-0.4, -0.2) is 17.8 Å². The Morgan fingerprint density at radius 3 is 2.88 bits per heavy atom. The predicted molar refractivity (Wildman–Crippen MR) is 60.8 cm³/mol. The van der Waals surface area contributed by atoms with Crippen LogP contribution < -0.4 is 0 Å². The van der Waals surface area contributed by atoms with Crippen molar-refractivity contribution in [2.75, 3.05) is 7.11 Å². The van der Waals surface area contributed by atoms with E-state index in [1.54, 1.807) is 13.2 Å². The van der Waals surface area contributed by atoms with Crippen LogP contribution in [0.1, 0.15) is 30.1 Å². The topological polar surface area (TPSA) is 69.4 Å². The molecule has 0 saturated carbocycles. The first-order valence-electron chi connectivity index (χ1n) is 5.43. The van der Waals surface area contributed by atoms with E-state index in [-0.39, 0.29) is 17.6 Å². The summed E-state index contributed by atoms with van der Waals surface area (Å²) in [5.41, 5.74) is 1.65. The van der Waals surface area contributed by atoms with Crippen molar-refractivity contribution in [3.8, 4) is 0 Å². The van der Waals surface area contributed by atoms with Gasteiger partial charge >= 0.3 is 0 Å². The van der Waals surface area contributed by atoms with Gasteiger partial charge in [0, 0.05) is 32.1 Å². The fourth-order valence-corrected chi connectivity index (χ4v) is 2.15. The summed E-state index contributed by atoms with van der Waals surface area (Å²) in [5.74, 6) is 0.152. The van der Waals surface area contributed by atoms with Gasteiger partial charge in [-0.1, -0.05) is 6.07 Å². The van der Waals surface area contributed by atoms with Gasteiger partial charge in [-0.05, 0) is 17.5 Å². The summed E-state index contributed by atoms with van der Waals surface area (Å²) in [4.78, 5) is 21.8. The van der Waals surface area contributed by atoms with Gasteiger partial charge < -0.3 is 4.74 Å². The number of rotatable bonds is 2. The lowest BCUT2D eigenvalue weighted by atomic mass is 10.00. The molecule has 1 aliphatic carbocycles. The van der Waals surface area contributed by atoms with Crippen molar-refractivity contribution in [2.24, 2.45) is 0 Å². The normalized spacial score (nSPS) is 19.6. The van der Waals surface area contributed by atoms with Crippen molar-refractivity contribution in [2.45, 2.75) is 25.4 Å². The maximum atomic E-state index is 11.5. The largest absolute Gasteiger partial charge is 0.377 e. The second kappa shape index (κ2) is 4.63. The number of nitrogens with zero attached hydrogens (tertiary/aromatic N) is 1. The van der Waals surface area contributed by atoms with Crippen LogP contribution in [0.15, 0.2) is 18.2 Å². The molecule has 0 spiro atoms. The van der Waals surface area contributed by atoms with E-state index in [1.807, 2.05) is 0 Å². The van der Waals surface area contributed by atoms with Crippen LogP contribution in [0.25, 0.3) is 0 Å². The predicted octanol–water partition coefficient (Wildman–Crippen LogP) is 2.19. The lowest BCUT2D eigenvalue weighted by Crippen LogP contribution is -2.03. The van der Waals surface area contributed by atoms with E-state index >= 15 is 0 Å². The van der Waals surface area contributed by atoms with Gasteiger partial charge in [0.1, 0.15) is 5.78 Å². The quantitative estimate of drug-likeness (QED) is 0.447. The number of fused-ring (bicyclic) bond motifs is 1. The first kappa shape index (κ1) is 11.7. The lowest BCUT2D eigenvalue weighted by Gasteiger charge is -2.14. The molecule has 2 rings (SSSR count). The third kappa shape index (κ3) is 2.34. The number of carbonyl (C=O) groups excluding carboxylic acids is 1. The van der Waals surface area contributed by atoms with Crippen molar-refractivity contribution >= 4 is 11.5 Å². The number of hydrogen-bond acceptors (Lipinski definition) is 4. The Hall–Kier alpha value is -1.75. The molecule has 1 atom stereocenters. The number of ketones is 1. The minimum atomic E-state index is -0.431. The highest BCUT2D eigenvalue weighted by molar-refractivity contribution is 5.82. The second-order valence-electron chi connectivity index (χ2n) is 4.12. The molecule has 1 aromatic rings. The van der Waals surface area contributed by atoms with Crippen LogP contribution in [0.3, 0.4) is 0 Å². The van der Waals surface area contributed by atoms with E-state index in [1.165, 1.54) is 12.1 Å². The molecule has 0 amide bonds. The molecule has 5 nitrogen and oxygen atoms in total. The Kier molecular flexibility index (Phi) is 3.19. The molecule has 1 aromatic carbocycles. The van der Waals surface area contributed by atoms with E-state index in [2.05, 4.69) is 0 Å². The first-order chi connectivity index (χ1) is 8.11. The summed E-state index contributed by atoms with van der Waals surface area (Å²) >= 11 is 0. The fraction of sp³-hybridized carbons (Fsp3) is 0.417. The minimum absolute atomic E-state index is 0.0418. The molecule has 0 heterocycles. The average molecular weight is 235 g/mol. The van der Waals surface area contributed by atoms with Crippen molar-refractivity contribution < 1.29 is 14.5 Å². The molecule has 0 saturated heterocycles. The summed E-state index contributed by atoms with van der Waals surface area (Å²) in [7, 11) is 1.56. The molecular formula is C12H13NO4. The number of methoxy groups -OCH3 is 1. The van der Waals surface area contributed by atoms with Crippen LogP contribution in [0.2, 0.25) is 0 Å². The Balaban J connectivity index is 2.48. The van der Waals surface area contributed by atoms with Crippen LogP contribution >= 0.6 is 0 Å². The molecule has 90 valence electrons. The standard InChI is InChI=1S/C12H13NO4/c1-17-12-5-4-10(14)6-8-2-3-9(13(15)16)7-11(8)12/h2-3,7,12H,4-6H2,1H3. The van der Waals surface area contributed by atoms with Gasteiger partial charge in [-0.25, -0.2) is 0 Å². The van der Waals surface area contributed by atoms with E-state index in [0.717, 1.165) is 11.1 Å². The first-order valence-corrected chi connectivity index (χ1v) is 5.43. The fourth-order valence-electron chi connectivity index (χ4n) is 2.15. The Labute approximate surface area is 98.5 Å². The monoisotopic (exact) mass is 235 g/mol. The number of benzene rings is 1. The number of non-ortho nitro benzene ring substituents is 1. The zero-order valence-corrected chi connectivity index (χ0v) is 9.51. The van der Waals surface area contributed by atoms with Crippen molar-refractivity contribution in [3.63, 3.8) is 0 Å². The lowest BCUT2D eigenvalue weighted by molar-refractivity contribution is -0.385. The van der Waals surface area contributed by atoms with Gasteiger partial charge in [-0.2, -0.15) is 0 Å². The molecule has 5 heteroatoms. The molecule has 0 fully saturated rings. The van der Waals surface area contributed by atoms with Gasteiger partial charge in [-0.3, -0.25) is 14.9 Å². The zero-order chi connectivity index (χ0) is 12.4. The Morgan fingerprint density at radius 1 is 1.47 bits per heavy atom. The van der Waals surface area contributed by atoms with Crippen molar-refractivity contribution in [3.05, 3.63) is 39.4 Å². The summed E-state index contributed by atoms with van der Waals surface area (Å²) < 4.78 is 5.31. The van der Waals surface area contributed by atoms with E-state index < -0.39 is 4.92 Å². The van der Waals surface area contributed by atoms with Gasteiger partial charge in [0.15, 0.2) is 0 Å². The highest BCUT2D eigenvalue weighted by Gasteiger charge is 2.24. The molecule has 1 unspecified atom stereocenters. The van der Waals surface area contributed by atoms with Gasteiger partial charge in [0.2, 0.25) is 0 Å². The molecular weight excluding hydrogens is 222 g/mol. The number of nitro benzene ring substituents is 1. The molecule has 0 N–H and O–H groups in total. The van der Waals surface area contributed by atoms with Crippen LogP contribution in [-0.2, 0) is 16.0 Å². The number of Topliss-reactive ketones (excluding diaryl/α,β-unsaturated/α-hetero) is 1. The highest BCUT2D eigenvalue weighted by Crippen LogP contribution is 2.32. The molecule has 0 aliphatic heterocycles. The summed E-state index contributed by atoms with van der Waals surface area (Å²) in [6.45, 7) is 0. The molecule has 0 bridgehead atoms. The third-order valence-electron chi connectivity index (χ3n) is 3.04. The summed E-state index contributed by atoms with van der Waals surface area (Å²) in [5, 5.41) is 10.7. The number of ether oxygens (including phenoxy) is 1. The minimum Gasteiger partial charge on any atom is -0.377 e. The summed E-state index contributed by atoms with van der Waals surface area (Å²) in [6, 6.07) is 4.61. The van der Waals surface area contributed by atoms with Crippen LogP contribution in [0.5, 0.6) is 0 Å². The van der Waals surface area contributed by atoms with Crippen molar-refractivity contribution in [1.29, 1.82) is 0 Å². The smallest absolute Gasteiger partial charge is 0.269 e. The van der Waals surface area contributed by atoms with E-state index in [0.29, 0.717) is 19.3 Å². The van der Waals surface area contributed by atoms with Gasteiger partial charge in [0.25, 0.3) is 5.69 Å². The number of nitro groups is 1. The molecule has 1 aliphatic rings. The molecule has 0 radical (unpaired) electrons. The third-order valence-corrected chi connectivity index (χ3v) is 3.04. The van der Waals surface area contributed by atoms with Gasteiger partial charge in [0.05, 0.1) is 11.0 Å². The average Bonchev–Trinajstić information content (AvgIpc) is 2.46. The zero-order valence-electron chi connectivity index (χ0n) is 9.51. The van der Waals surface area contributed by atoms with Crippen LogP contribution in [0, 0.1) is 10.1 Å². The Bertz CT molecular complexity index is 470. The van der Waals surface area contributed by atoms with E-state index in [9.17, 15) is 14.9 Å². The van der Waals surface area contributed by atoms with Crippen molar-refractivity contribution in [1.82, 2.24) is 0 Å².